The third-order valence-electron chi connectivity index (χ3n) is 2.84. The largest absolute Gasteiger partial charge is 0.395 e. The highest BCUT2D eigenvalue weighted by Crippen LogP contribution is 2.17. The van der Waals surface area contributed by atoms with Gasteiger partial charge in [-0.05, 0) is 18.9 Å². The average molecular weight is 225 g/mol. The molecule has 1 aromatic carbocycles. The number of nitrogens with one attached hydrogen (secondary N) is 1. The normalized spacial score (nSPS) is 15.1. The number of aliphatic hydroxyl groups excluding tert-OH is 1. The van der Waals surface area contributed by atoms with Crippen molar-refractivity contribution in [1.29, 1.82) is 0 Å². The molecule has 16 heavy (non-hydrogen) atoms. The van der Waals surface area contributed by atoms with Crippen LogP contribution in [0, 0.1) is 11.7 Å². The Morgan fingerprint density at radius 1 is 1.25 bits per heavy atom. The van der Waals surface area contributed by atoms with E-state index in [0.29, 0.717) is 11.5 Å². The second kappa shape index (κ2) is 5.97. The van der Waals surface area contributed by atoms with Gasteiger partial charge in [-0.3, -0.25) is 0 Å². The number of halogens is 1. The van der Waals surface area contributed by atoms with Crippen molar-refractivity contribution in [2.45, 2.75) is 32.9 Å². The van der Waals surface area contributed by atoms with Crippen LogP contribution >= 0.6 is 0 Å². The van der Waals surface area contributed by atoms with E-state index in [1.54, 1.807) is 12.1 Å². The van der Waals surface area contributed by atoms with Crippen molar-refractivity contribution in [3.05, 3.63) is 35.6 Å². The summed E-state index contributed by atoms with van der Waals surface area (Å²) >= 11 is 0. The first-order chi connectivity index (χ1) is 7.56. The second-order valence-electron chi connectivity index (χ2n) is 4.44. The van der Waals surface area contributed by atoms with Crippen LogP contribution in [0.1, 0.15) is 32.4 Å². The molecule has 3 heteroatoms. The van der Waals surface area contributed by atoms with Crippen LogP contribution in [0.25, 0.3) is 0 Å². The van der Waals surface area contributed by atoms with Crippen LogP contribution in [0.4, 0.5) is 4.39 Å². The van der Waals surface area contributed by atoms with Gasteiger partial charge in [0.1, 0.15) is 5.82 Å². The zero-order valence-corrected chi connectivity index (χ0v) is 10.1. The zero-order valence-electron chi connectivity index (χ0n) is 10.1. The van der Waals surface area contributed by atoms with Crippen molar-refractivity contribution in [3.63, 3.8) is 0 Å². The lowest BCUT2D eigenvalue weighted by Gasteiger charge is -2.25. The zero-order chi connectivity index (χ0) is 12.1. The Morgan fingerprint density at radius 3 is 2.38 bits per heavy atom. The number of hydrogen-bond acceptors (Lipinski definition) is 2. The van der Waals surface area contributed by atoms with Crippen molar-refractivity contribution in [1.82, 2.24) is 5.32 Å². The van der Waals surface area contributed by atoms with Gasteiger partial charge in [0.25, 0.3) is 0 Å². The van der Waals surface area contributed by atoms with Crippen LogP contribution < -0.4 is 5.32 Å². The first kappa shape index (κ1) is 13.1. The van der Waals surface area contributed by atoms with Gasteiger partial charge >= 0.3 is 0 Å². The van der Waals surface area contributed by atoms with Crippen LogP contribution in [0.3, 0.4) is 0 Å². The maximum absolute atomic E-state index is 13.5. The van der Waals surface area contributed by atoms with Gasteiger partial charge in [0.05, 0.1) is 6.61 Å². The predicted octanol–water partition coefficient (Wildman–Crippen LogP) is 2.49. The van der Waals surface area contributed by atoms with Crippen LogP contribution in [0.15, 0.2) is 24.3 Å². The molecule has 0 aliphatic rings. The Bertz CT molecular complexity index is 327. The first-order valence-electron chi connectivity index (χ1n) is 5.67. The summed E-state index contributed by atoms with van der Waals surface area (Å²) in [7, 11) is 0. The molecule has 0 aliphatic carbocycles. The maximum atomic E-state index is 13.5. The van der Waals surface area contributed by atoms with Crippen molar-refractivity contribution >= 4 is 0 Å². The van der Waals surface area contributed by atoms with Crippen molar-refractivity contribution in [2.24, 2.45) is 5.92 Å². The Hall–Kier alpha value is -0.930. The highest BCUT2D eigenvalue weighted by Gasteiger charge is 2.17. The Morgan fingerprint density at radius 2 is 1.88 bits per heavy atom. The van der Waals surface area contributed by atoms with E-state index in [9.17, 15) is 9.50 Å². The molecule has 90 valence electrons. The molecular formula is C13H20FNO. The lowest BCUT2D eigenvalue weighted by Crippen LogP contribution is -2.38. The molecule has 0 amide bonds. The fourth-order valence-corrected chi connectivity index (χ4v) is 1.69. The van der Waals surface area contributed by atoms with Gasteiger partial charge in [-0.25, -0.2) is 4.39 Å². The fraction of sp³-hybridized carbons (Fsp3) is 0.538. The summed E-state index contributed by atoms with van der Waals surface area (Å²) in [5, 5.41) is 12.4. The molecule has 1 aromatic rings. The summed E-state index contributed by atoms with van der Waals surface area (Å²) in [5.41, 5.74) is 0.640. The van der Waals surface area contributed by atoms with Crippen molar-refractivity contribution in [3.8, 4) is 0 Å². The fourth-order valence-electron chi connectivity index (χ4n) is 1.69. The van der Waals surface area contributed by atoms with E-state index >= 15 is 0 Å². The Balaban J connectivity index is 2.72. The van der Waals surface area contributed by atoms with Crippen LogP contribution in [-0.4, -0.2) is 17.8 Å². The molecule has 0 unspecified atom stereocenters. The third kappa shape index (κ3) is 3.29. The van der Waals surface area contributed by atoms with Crippen molar-refractivity contribution < 1.29 is 9.50 Å². The molecule has 0 spiro atoms. The van der Waals surface area contributed by atoms with Gasteiger partial charge in [0.2, 0.25) is 0 Å². The SMILES string of the molecule is CC(C)[C@H](CO)N[C@H](C)c1ccccc1F. The molecule has 0 saturated heterocycles. The summed E-state index contributed by atoms with van der Waals surface area (Å²) in [6.45, 7) is 6.03. The second-order valence-corrected chi connectivity index (χ2v) is 4.44. The predicted molar refractivity (Wildman–Crippen MR) is 63.7 cm³/mol. The summed E-state index contributed by atoms with van der Waals surface area (Å²) in [6.07, 6.45) is 0. The summed E-state index contributed by atoms with van der Waals surface area (Å²) in [6, 6.07) is 6.62. The molecule has 2 N–H and O–H groups in total. The number of benzene rings is 1. The quantitative estimate of drug-likeness (QED) is 0.807. The summed E-state index contributed by atoms with van der Waals surface area (Å²) < 4.78 is 13.5. The Labute approximate surface area is 96.5 Å². The van der Waals surface area contributed by atoms with E-state index in [1.165, 1.54) is 6.07 Å². The monoisotopic (exact) mass is 225 g/mol. The summed E-state index contributed by atoms with van der Waals surface area (Å²) in [4.78, 5) is 0. The number of rotatable bonds is 5. The van der Waals surface area contributed by atoms with Gasteiger partial charge < -0.3 is 10.4 Å². The molecule has 0 saturated carbocycles. The van der Waals surface area contributed by atoms with Crippen LogP contribution in [-0.2, 0) is 0 Å². The van der Waals surface area contributed by atoms with E-state index in [4.69, 9.17) is 0 Å². The minimum absolute atomic E-state index is 0.00499. The van der Waals surface area contributed by atoms with Crippen LogP contribution in [0.5, 0.6) is 0 Å². The molecule has 0 aliphatic heterocycles. The topological polar surface area (TPSA) is 32.3 Å². The standard InChI is InChI=1S/C13H20FNO/c1-9(2)13(8-16)15-10(3)11-6-4-5-7-12(11)14/h4-7,9-10,13,15-16H,8H2,1-3H3/t10-,13+/m1/s1. The molecule has 0 bridgehead atoms. The molecule has 2 nitrogen and oxygen atoms in total. The smallest absolute Gasteiger partial charge is 0.127 e. The first-order valence-corrected chi connectivity index (χ1v) is 5.67. The molecule has 0 aromatic heterocycles. The number of aliphatic hydroxyl groups is 1. The molecule has 0 radical (unpaired) electrons. The highest BCUT2D eigenvalue weighted by atomic mass is 19.1. The lowest BCUT2D eigenvalue weighted by molar-refractivity contribution is 0.200. The van der Waals surface area contributed by atoms with E-state index in [-0.39, 0.29) is 24.5 Å². The maximum Gasteiger partial charge on any atom is 0.127 e. The van der Waals surface area contributed by atoms with E-state index in [2.05, 4.69) is 5.32 Å². The van der Waals surface area contributed by atoms with Gasteiger partial charge in [-0.1, -0.05) is 32.0 Å². The van der Waals surface area contributed by atoms with Gasteiger partial charge in [-0.2, -0.15) is 0 Å². The van der Waals surface area contributed by atoms with Gasteiger partial charge in [-0.15, -0.1) is 0 Å². The summed E-state index contributed by atoms with van der Waals surface area (Å²) in [5.74, 6) is 0.113. The lowest BCUT2D eigenvalue weighted by atomic mass is 10.0. The minimum atomic E-state index is -0.206. The van der Waals surface area contributed by atoms with E-state index in [1.807, 2.05) is 26.8 Å². The molecule has 1 rings (SSSR count). The minimum Gasteiger partial charge on any atom is -0.395 e. The van der Waals surface area contributed by atoms with Gasteiger partial charge in [0.15, 0.2) is 0 Å². The Kier molecular flexibility index (Phi) is 4.90. The molecular weight excluding hydrogens is 205 g/mol. The van der Waals surface area contributed by atoms with E-state index in [0.717, 1.165) is 0 Å². The highest BCUT2D eigenvalue weighted by molar-refractivity contribution is 5.20. The molecule has 0 heterocycles. The third-order valence-corrected chi connectivity index (χ3v) is 2.84. The van der Waals surface area contributed by atoms with Crippen molar-refractivity contribution in [2.75, 3.05) is 6.61 Å². The molecule has 0 fully saturated rings. The van der Waals surface area contributed by atoms with E-state index < -0.39 is 0 Å². The average Bonchev–Trinajstić information content (AvgIpc) is 2.25. The van der Waals surface area contributed by atoms with Crippen LogP contribution in [0.2, 0.25) is 0 Å². The van der Waals surface area contributed by atoms with Gasteiger partial charge in [0, 0.05) is 17.6 Å². The molecule has 2 atom stereocenters. The number of hydrogen-bond donors (Lipinski definition) is 2.